The fourth-order valence-electron chi connectivity index (χ4n) is 1.52. The SMILES string of the molecule is CN(C)c1cc(C2CC2)ncc1C#N. The van der Waals surface area contributed by atoms with Crippen molar-refractivity contribution in [2.75, 3.05) is 19.0 Å². The van der Waals surface area contributed by atoms with Crippen molar-refractivity contribution in [3.63, 3.8) is 0 Å². The Labute approximate surface area is 84.0 Å². The fraction of sp³-hybridized carbons (Fsp3) is 0.455. The van der Waals surface area contributed by atoms with E-state index < -0.39 is 0 Å². The van der Waals surface area contributed by atoms with E-state index in [-0.39, 0.29) is 0 Å². The Bertz CT molecular complexity index is 386. The molecule has 0 aromatic carbocycles. The number of nitriles is 1. The molecular weight excluding hydrogens is 174 g/mol. The van der Waals surface area contributed by atoms with Gasteiger partial charge in [0.2, 0.25) is 0 Å². The third kappa shape index (κ3) is 1.56. The van der Waals surface area contributed by atoms with Gasteiger partial charge in [0.25, 0.3) is 0 Å². The van der Waals surface area contributed by atoms with Crippen LogP contribution in [0.15, 0.2) is 12.3 Å². The number of pyridine rings is 1. The third-order valence-corrected chi connectivity index (χ3v) is 2.50. The van der Waals surface area contributed by atoms with Crippen LogP contribution >= 0.6 is 0 Å². The second-order valence-electron chi connectivity index (χ2n) is 3.91. The van der Waals surface area contributed by atoms with E-state index in [9.17, 15) is 0 Å². The van der Waals surface area contributed by atoms with Crippen LogP contribution in [0.25, 0.3) is 0 Å². The van der Waals surface area contributed by atoms with Gasteiger partial charge in [-0.05, 0) is 18.9 Å². The maximum absolute atomic E-state index is 8.90. The summed E-state index contributed by atoms with van der Waals surface area (Å²) in [7, 11) is 3.90. The van der Waals surface area contributed by atoms with Gasteiger partial charge >= 0.3 is 0 Å². The average molecular weight is 187 g/mol. The first kappa shape index (κ1) is 9.01. The summed E-state index contributed by atoms with van der Waals surface area (Å²) in [6.45, 7) is 0. The van der Waals surface area contributed by atoms with Gasteiger partial charge in [-0.2, -0.15) is 5.26 Å². The van der Waals surface area contributed by atoms with Gasteiger partial charge in [0, 0.05) is 31.9 Å². The van der Waals surface area contributed by atoms with E-state index in [1.807, 2.05) is 25.1 Å². The minimum absolute atomic E-state index is 0.640. The molecule has 0 N–H and O–H groups in total. The van der Waals surface area contributed by atoms with Crippen molar-refractivity contribution in [3.8, 4) is 6.07 Å². The molecule has 1 heterocycles. The van der Waals surface area contributed by atoms with Crippen molar-refractivity contribution < 1.29 is 0 Å². The Kier molecular flexibility index (Phi) is 2.12. The van der Waals surface area contributed by atoms with Gasteiger partial charge in [-0.25, -0.2) is 0 Å². The Morgan fingerprint density at radius 1 is 1.50 bits per heavy atom. The molecule has 0 aliphatic heterocycles. The summed E-state index contributed by atoms with van der Waals surface area (Å²) in [6, 6.07) is 4.20. The summed E-state index contributed by atoms with van der Waals surface area (Å²) >= 11 is 0. The quantitative estimate of drug-likeness (QED) is 0.710. The predicted molar refractivity (Wildman–Crippen MR) is 55.3 cm³/mol. The minimum atomic E-state index is 0.640. The molecule has 0 spiro atoms. The standard InChI is InChI=1S/C11H13N3/c1-14(2)11-5-10(8-3-4-8)13-7-9(11)6-12/h5,7-8H,3-4H2,1-2H3. The summed E-state index contributed by atoms with van der Waals surface area (Å²) in [5.74, 6) is 0.640. The highest BCUT2D eigenvalue weighted by Gasteiger charge is 2.25. The maximum atomic E-state index is 8.90. The van der Waals surface area contributed by atoms with Crippen molar-refractivity contribution in [2.45, 2.75) is 18.8 Å². The highest BCUT2D eigenvalue weighted by Crippen LogP contribution is 2.40. The molecule has 1 fully saturated rings. The number of rotatable bonds is 2. The molecule has 0 unspecified atom stereocenters. The van der Waals surface area contributed by atoms with Crippen LogP contribution in [-0.2, 0) is 0 Å². The first-order chi connectivity index (χ1) is 6.72. The lowest BCUT2D eigenvalue weighted by Gasteiger charge is -2.14. The van der Waals surface area contributed by atoms with Gasteiger partial charge in [-0.3, -0.25) is 4.98 Å². The first-order valence-corrected chi connectivity index (χ1v) is 4.79. The molecule has 3 heteroatoms. The zero-order valence-corrected chi connectivity index (χ0v) is 8.49. The Morgan fingerprint density at radius 2 is 2.21 bits per heavy atom. The summed E-state index contributed by atoms with van der Waals surface area (Å²) in [6.07, 6.45) is 4.17. The molecule has 72 valence electrons. The molecule has 14 heavy (non-hydrogen) atoms. The number of aromatic nitrogens is 1. The maximum Gasteiger partial charge on any atom is 0.103 e. The highest BCUT2D eigenvalue weighted by molar-refractivity contribution is 5.58. The Morgan fingerprint density at radius 3 is 2.71 bits per heavy atom. The highest BCUT2D eigenvalue weighted by atomic mass is 15.1. The Balaban J connectivity index is 2.42. The lowest BCUT2D eigenvalue weighted by molar-refractivity contribution is 1.00. The number of hydrogen-bond donors (Lipinski definition) is 0. The summed E-state index contributed by atoms with van der Waals surface area (Å²) in [5, 5.41) is 8.90. The van der Waals surface area contributed by atoms with Gasteiger partial charge in [-0.15, -0.1) is 0 Å². The monoisotopic (exact) mass is 187 g/mol. The molecule has 1 aliphatic rings. The normalized spacial score (nSPS) is 14.9. The van der Waals surface area contributed by atoms with E-state index in [2.05, 4.69) is 11.1 Å². The van der Waals surface area contributed by atoms with Gasteiger partial charge < -0.3 is 4.90 Å². The molecule has 0 bridgehead atoms. The molecule has 1 aromatic rings. The van der Waals surface area contributed by atoms with Crippen LogP contribution in [0.3, 0.4) is 0 Å². The van der Waals surface area contributed by atoms with Crippen LogP contribution in [0.5, 0.6) is 0 Å². The van der Waals surface area contributed by atoms with Crippen LogP contribution in [0.4, 0.5) is 5.69 Å². The molecule has 0 radical (unpaired) electrons. The molecule has 1 aromatic heterocycles. The van der Waals surface area contributed by atoms with E-state index in [0.29, 0.717) is 11.5 Å². The lowest BCUT2D eigenvalue weighted by atomic mass is 10.1. The van der Waals surface area contributed by atoms with Crippen molar-refractivity contribution in [1.82, 2.24) is 4.98 Å². The smallest absolute Gasteiger partial charge is 0.103 e. The van der Waals surface area contributed by atoms with E-state index >= 15 is 0 Å². The van der Waals surface area contributed by atoms with Crippen molar-refractivity contribution in [3.05, 3.63) is 23.5 Å². The zero-order valence-electron chi connectivity index (χ0n) is 8.49. The molecule has 1 saturated carbocycles. The molecule has 0 amide bonds. The van der Waals surface area contributed by atoms with Crippen molar-refractivity contribution >= 4 is 5.69 Å². The summed E-state index contributed by atoms with van der Waals surface area (Å²) in [5.41, 5.74) is 2.76. The van der Waals surface area contributed by atoms with Crippen molar-refractivity contribution in [1.29, 1.82) is 5.26 Å². The molecule has 2 rings (SSSR count). The van der Waals surface area contributed by atoms with Crippen LogP contribution in [0.1, 0.15) is 30.0 Å². The first-order valence-electron chi connectivity index (χ1n) is 4.79. The lowest BCUT2D eigenvalue weighted by Crippen LogP contribution is -2.11. The molecular formula is C11H13N3. The van der Waals surface area contributed by atoms with Gasteiger partial charge in [0.05, 0.1) is 11.3 Å². The van der Waals surface area contributed by atoms with Crippen molar-refractivity contribution in [2.24, 2.45) is 0 Å². The number of hydrogen-bond acceptors (Lipinski definition) is 3. The number of anilines is 1. The summed E-state index contributed by atoms with van der Waals surface area (Å²) < 4.78 is 0. The van der Waals surface area contributed by atoms with E-state index in [1.165, 1.54) is 12.8 Å². The predicted octanol–water partition coefficient (Wildman–Crippen LogP) is 1.90. The third-order valence-electron chi connectivity index (χ3n) is 2.50. The van der Waals surface area contributed by atoms with Crippen LogP contribution in [-0.4, -0.2) is 19.1 Å². The molecule has 3 nitrogen and oxygen atoms in total. The van der Waals surface area contributed by atoms with Crippen LogP contribution < -0.4 is 4.90 Å². The van der Waals surface area contributed by atoms with Gasteiger partial charge in [0.1, 0.15) is 6.07 Å². The topological polar surface area (TPSA) is 39.9 Å². The van der Waals surface area contributed by atoms with E-state index in [0.717, 1.165) is 11.4 Å². The van der Waals surface area contributed by atoms with Crippen LogP contribution in [0.2, 0.25) is 0 Å². The second-order valence-corrected chi connectivity index (χ2v) is 3.91. The molecule has 0 saturated heterocycles. The second kappa shape index (κ2) is 3.30. The minimum Gasteiger partial charge on any atom is -0.376 e. The van der Waals surface area contributed by atoms with Gasteiger partial charge in [-0.1, -0.05) is 0 Å². The fourth-order valence-corrected chi connectivity index (χ4v) is 1.52. The molecule has 1 aliphatic carbocycles. The van der Waals surface area contributed by atoms with Gasteiger partial charge in [0.15, 0.2) is 0 Å². The van der Waals surface area contributed by atoms with E-state index in [1.54, 1.807) is 6.20 Å². The Hall–Kier alpha value is -1.56. The number of nitrogens with zero attached hydrogens (tertiary/aromatic N) is 3. The van der Waals surface area contributed by atoms with E-state index in [4.69, 9.17) is 5.26 Å². The average Bonchev–Trinajstić information content (AvgIpc) is 3.00. The molecule has 0 atom stereocenters. The zero-order chi connectivity index (χ0) is 10.1. The largest absolute Gasteiger partial charge is 0.376 e. The van der Waals surface area contributed by atoms with Crippen LogP contribution in [0, 0.1) is 11.3 Å². The summed E-state index contributed by atoms with van der Waals surface area (Å²) in [4.78, 5) is 6.27.